The molecule has 1 heterocycles. The minimum absolute atomic E-state index is 0.274. The van der Waals surface area contributed by atoms with E-state index in [9.17, 15) is 0 Å². The fourth-order valence-corrected chi connectivity index (χ4v) is 16.7. The van der Waals surface area contributed by atoms with Crippen LogP contribution in [0.4, 0.5) is 0 Å². The van der Waals surface area contributed by atoms with Gasteiger partial charge < -0.3 is 0 Å². The van der Waals surface area contributed by atoms with Crippen molar-refractivity contribution >= 4 is 36.0 Å². The lowest BCUT2D eigenvalue weighted by atomic mass is 10.2. The van der Waals surface area contributed by atoms with Crippen LogP contribution in [-0.4, -0.2) is 45.8 Å². The van der Waals surface area contributed by atoms with Gasteiger partial charge in [-0.05, 0) is 69.2 Å². The van der Waals surface area contributed by atoms with Gasteiger partial charge in [-0.15, -0.1) is 4.67 Å². The van der Waals surface area contributed by atoms with Crippen LogP contribution in [0.2, 0.25) is 0 Å². The van der Waals surface area contributed by atoms with Crippen LogP contribution in [-0.2, 0) is 0 Å². The van der Waals surface area contributed by atoms with Crippen molar-refractivity contribution in [1.29, 1.82) is 0 Å². The van der Waals surface area contributed by atoms with E-state index in [-0.39, 0.29) is 12.1 Å². The Morgan fingerprint density at radius 1 is 0.800 bits per heavy atom. The molecule has 0 radical (unpaired) electrons. The minimum Gasteiger partial charge on any atom is -0.261 e. The van der Waals surface area contributed by atoms with E-state index in [0.717, 1.165) is 12.3 Å². The highest BCUT2D eigenvalue weighted by Gasteiger charge is 2.51. The van der Waals surface area contributed by atoms with E-state index in [1.807, 2.05) is 0 Å². The van der Waals surface area contributed by atoms with E-state index < -0.39 is 13.5 Å². The average Bonchev–Trinajstić information content (AvgIpc) is 2.60. The summed E-state index contributed by atoms with van der Waals surface area (Å²) >= 11 is 14.1. The molecule has 0 N–H and O–H groups in total. The molecule has 3 nitrogen and oxygen atoms in total. The van der Waals surface area contributed by atoms with Crippen molar-refractivity contribution in [3.63, 3.8) is 0 Å². The molecular weight excluding hydrogens is 391 g/mol. The van der Waals surface area contributed by atoms with Gasteiger partial charge in [-0.3, -0.25) is 4.67 Å². The van der Waals surface area contributed by atoms with E-state index in [1.54, 1.807) is 0 Å². The first kappa shape index (κ1) is 23.9. The van der Waals surface area contributed by atoms with Gasteiger partial charge in [-0.25, -0.2) is 0 Å². The number of nitrogens with zero attached hydrogens (tertiary/aromatic N) is 3. The maximum atomic E-state index is 7.03. The quantitative estimate of drug-likeness (QED) is 0.303. The van der Waals surface area contributed by atoms with Crippen LogP contribution in [0, 0.1) is 0 Å². The topological polar surface area (TPSA) is 18.8 Å². The second-order valence-corrected chi connectivity index (χ2v) is 16.7. The van der Waals surface area contributed by atoms with Gasteiger partial charge in [0.15, 0.2) is 22.5 Å². The van der Waals surface area contributed by atoms with Gasteiger partial charge >= 0.3 is 6.27 Å². The Balaban J connectivity index is 3.55. The van der Waals surface area contributed by atoms with Gasteiger partial charge in [-0.2, -0.15) is 0 Å². The average molecular weight is 429 g/mol. The van der Waals surface area contributed by atoms with Gasteiger partial charge in [0, 0.05) is 36.5 Å². The molecule has 0 amide bonds. The van der Waals surface area contributed by atoms with E-state index in [1.165, 1.54) is 11.1 Å². The first-order valence-corrected chi connectivity index (χ1v) is 14.9. The molecule has 1 rings (SSSR count). The first-order valence-electron chi connectivity index (χ1n) is 9.38. The van der Waals surface area contributed by atoms with Gasteiger partial charge in [0.2, 0.25) is 0 Å². The molecule has 0 spiro atoms. The number of allylic oxidation sites excluding steroid dienone is 2. The Labute approximate surface area is 166 Å². The summed E-state index contributed by atoms with van der Waals surface area (Å²) < 4.78 is 10.2. The molecule has 0 fully saturated rings. The number of halogens is 2. The van der Waals surface area contributed by atoms with Crippen LogP contribution in [0.5, 0.6) is 0 Å². The summed E-state index contributed by atoms with van der Waals surface area (Å²) in [5, 5.41) is 0. The molecule has 25 heavy (non-hydrogen) atoms. The second-order valence-electron chi connectivity index (χ2n) is 8.44. The molecule has 0 aromatic carbocycles. The molecule has 0 aromatic heterocycles. The normalized spacial score (nSPS) is 18.8. The lowest BCUT2D eigenvalue weighted by molar-refractivity contribution is 0.317. The summed E-state index contributed by atoms with van der Waals surface area (Å²) in [6.45, 7) is 22.2. The van der Waals surface area contributed by atoms with Crippen LogP contribution < -0.4 is 0 Å². The molecular formula is C18H38Cl2N3P2+. The van der Waals surface area contributed by atoms with Gasteiger partial charge in [0.25, 0.3) is 0 Å². The molecule has 0 saturated carbocycles. The predicted octanol–water partition coefficient (Wildman–Crippen LogP) is 7.85. The Morgan fingerprint density at radius 2 is 1.16 bits per heavy atom. The van der Waals surface area contributed by atoms with Gasteiger partial charge in [0.05, 0.1) is 7.21 Å². The highest BCUT2D eigenvalue weighted by molar-refractivity contribution is 8.16. The van der Waals surface area contributed by atoms with Crippen LogP contribution in [0.3, 0.4) is 0 Å². The van der Waals surface area contributed by atoms with Crippen molar-refractivity contribution < 1.29 is 0 Å². The lowest BCUT2D eigenvalue weighted by Crippen LogP contribution is -2.36. The largest absolute Gasteiger partial charge is 0.398 e. The summed E-state index contributed by atoms with van der Waals surface area (Å²) in [7, 11) is -1.81. The highest BCUT2D eigenvalue weighted by Crippen LogP contribution is 2.81. The van der Waals surface area contributed by atoms with Crippen LogP contribution in [0.25, 0.3) is 0 Å². The molecule has 0 bridgehead atoms. The fraction of sp³-hybridized carbons (Fsp3) is 0.889. The standard InChI is InChI=1S/C18H38Cl2N3P2/c1-13(2)22(14(3)4)24(11-17(9)18(10)12-24)21-25(19,20)23(15(5)6)16(7)8/h13-16H,11-12H2,1-10H3/q+1. The van der Waals surface area contributed by atoms with Gasteiger partial charge in [-0.1, -0.05) is 15.7 Å². The Hall–Kier alpha value is 0.900. The Bertz CT molecular complexity index is 521. The SMILES string of the molecule is CC1=C(C)CP(=N[P+](Cl)(Cl)N(C(C)C)C(C)C)(N(C(C)C)C(C)C)C1. The van der Waals surface area contributed by atoms with Crippen molar-refractivity contribution in [2.75, 3.05) is 12.3 Å². The molecule has 0 unspecified atom stereocenters. The molecule has 0 saturated heterocycles. The Morgan fingerprint density at radius 3 is 1.44 bits per heavy atom. The van der Waals surface area contributed by atoms with Crippen LogP contribution in [0.15, 0.2) is 15.7 Å². The summed E-state index contributed by atoms with van der Waals surface area (Å²) in [6.07, 6.45) is -0.526. The van der Waals surface area contributed by atoms with Crippen molar-refractivity contribution in [2.24, 2.45) is 4.52 Å². The zero-order valence-electron chi connectivity index (χ0n) is 17.7. The van der Waals surface area contributed by atoms with E-state index in [2.05, 4.69) is 78.6 Å². The maximum absolute atomic E-state index is 7.03. The Kier molecular flexibility index (Phi) is 8.55. The molecule has 0 atom stereocenters. The van der Waals surface area contributed by atoms with Crippen LogP contribution in [0.1, 0.15) is 69.2 Å². The predicted molar refractivity (Wildman–Crippen MR) is 120 cm³/mol. The first-order chi connectivity index (χ1) is 11.2. The van der Waals surface area contributed by atoms with Crippen molar-refractivity contribution in [3.8, 4) is 0 Å². The highest BCUT2D eigenvalue weighted by atomic mass is 35.9. The van der Waals surface area contributed by atoms with E-state index in [0.29, 0.717) is 12.1 Å². The minimum atomic E-state index is -2.58. The molecule has 0 aliphatic carbocycles. The number of rotatable bonds is 7. The summed E-state index contributed by atoms with van der Waals surface area (Å²) in [6, 6.07) is 1.40. The molecule has 1 aliphatic rings. The van der Waals surface area contributed by atoms with Crippen molar-refractivity contribution in [3.05, 3.63) is 11.1 Å². The van der Waals surface area contributed by atoms with Crippen molar-refractivity contribution in [2.45, 2.75) is 93.4 Å². The molecule has 7 heteroatoms. The third-order valence-electron chi connectivity index (χ3n) is 4.81. The van der Waals surface area contributed by atoms with E-state index >= 15 is 0 Å². The van der Waals surface area contributed by atoms with Gasteiger partial charge in [0.1, 0.15) is 0 Å². The zero-order valence-corrected chi connectivity index (χ0v) is 21.0. The van der Waals surface area contributed by atoms with E-state index in [4.69, 9.17) is 27.0 Å². The summed E-state index contributed by atoms with van der Waals surface area (Å²) in [5.41, 5.74) is 2.94. The molecule has 148 valence electrons. The lowest BCUT2D eigenvalue weighted by Gasteiger charge is -2.40. The summed E-state index contributed by atoms with van der Waals surface area (Å²) in [4.78, 5) is 0. The van der Waals surface area contributed by atoms with Crippen molar-refractivity contribution in [1.82, 2.24) is 9.34 Å². The smallest absolute Gasteiger partial charge is 0.261 e. The number of hydrogen-bond donors (Lipinski definition) is 0. The fourth-order valence-electron chi connectivity index (χ4n) is 4.21. The molecule has 1 aliphatic heterocycles. The zero-order chi connectivity index (χ0) is 19.7. The number of hydrogen-bond acceptors (Lipinski definition) is 2. The third-order valence-corrected chi connectivity index (χ3v) is 14.5. The third kappa shape index (κ3) is 5.46. The summed E-state index contributed by atoms with van der Waals surface area (Å²) in [5.74, 6) is 0. The molecule has 0 aromatic rings. The van der Waals surface area contributed by atoms with Crippen LogP contribution >= 0.6 is 36.0 Å². The monoisotopic (exact) mass is 428 g/mol. The second kappa shape index (κ2) is 8.93. The maximum Gasteiger partial charge on any atom is 0.398 e.